The highest BCUT2D eigenvalue weighted by Crippen LogP contribution is 2.44. The molecule has 0 saturated carbocycles. The van der Waals surface area contributed by atoms with Crippen LogP contribution in [0.15, 0.2) is 198 Å². The molecular weight excluding hydrogens is 737 g/mol. The van der Waals surface area contributed by atoms with E-state index >= 15 is 0 Å². The number of allylic oxidation sites excluding steroid dienone is 5. The largest absolute Gasteiger partial charge is 0.455 e. The van der Waals surface area contributed by atoms with Crippen molar-refractivity contribution >= 4 is 70.4 Å². The molecule has 3 unspecified atom stereocenters. The smallest absolute Gasteiger partial charge is 0.148 e. The molecule has 0 spiro atoms. The highest BCUT2D eigenvalue weighted by atomic mass is 32.1. The van der Waals surface area contributed by atoms with E-state index in [-0.39, 0.29) is 18.0 Å². The van der Waals surface area contributed by atoms with E-state index in [1.165, 1.54) is 42.4 Å². The Bertz CT molecular complexity index is 3150. The van der Waals surface area contributed by atoms with Gasteiger partial charge in [0.25, 0.3) is 0 Å². The SMILES string of the molecule is CC1C/C=C(\c2ccccc2)NC(c2cccc3c2oc2c(C4=CC(c5cccc6sc7ccccc7c56)CC=C4)cccc23)N=C1c1ccc(-c2ccccc2)cc1. The van der Waals surface area contributed by atoms with Crippen LogP contribution in [0.2, 0.25) is 0 Å². The molecule has 2 aromatic heterocycles. The zero-order valence-corrected chi connectivity index (χ0v) is 33.6. The van der Waals surface area contributed by atoms with Crippen molar-refractivity contribution in [2.24, 2.45) is 10.9 Å². The quantitative estimate of drug-likeness (QED) is 0.183. The van der Waals surface area contributed by atoms with Gasteiger partial charge in [-0.1, -0.05) is 183 Å². The van der Waals surface area contributed by atoms with E-state index in [9.17, 15) is 0 Å². The summed E-state index contributed by atoms with van der Waals surface area (Å²) in [6.45, 7) is 2.29. The molecule has 3 heterocycles. The van der Waals surface area contributed by atoms with Gasteiger partial charge in [0.2, 0.25) is 0 Å². The standard InChI is InChI=1S/C55H42N2OS/c1-35-28-33-48(38-16-6-3-7-17-38)56-55(57-52(35)39-31-29-37(30-32-39)36-14-4-2-5-15-36)47-25-12-24-45-44-23-11-22-43(53(44)58-54(45)47)41-19-10-18-40(34-41)42-21-13-27-50-51(42)46-20-8-9-26-49(46)59-50/h2-17,19-27,29-35,40,55-56H,18,28H2,1H3/b48-33+,57-52?. The Kier molecular flexibility index (Phi) is 8.93. The number of hydrogen-bond acceptors (Lipinski definition) is 4. The maximum atomic E-state index is 7.12. The fourth-order valence-electron chi connectivity index (χ4n) is 9.17. The average molecular weight is 779 g/mol. The van der Waals surface area contributed by atoms with E-state index in [1.54, 1.807) is 0 Å². The van der Waals surface area contributed by atoms with Gasteiger partial charge >= 0.3 is 0 Å². The van der Waals surface area contributed by atoms with Crippen molar-refractivity contribution in [2.45, 2.75) is 31.8 Å². The lowest BCUT2D eigenvalue weighted by atomic mass is 9.85. The molecule has 0 saturated heterocycles. The number of aliphatic imine (C=N–C) groups is 1. The van der Waals surface area contributed by atoms with Crippen molar-refractivity contribution < 1.29 is 4.42 Å². The van der Waals surface area contributed by atoms with Crippen LogP contribution in [0.3, 0.4) is 0 Å². The zero-order chi connectivity index (χ0) is 39.3. The fourth-order valence-corrected chi connectivity index (χ4v) is 10.3. The summed E-state index contributed by atoms with van der Waals surface area (Å²) in [5.41, 5.74) is 13.3. The van der Waals surface area contributed by atoms with Gasteiger partial charge in [-0.2, -0.15) is 0 Å². The number of nitrogens with one attached hydrogen (secondary N) is 1. The van der Waals surface area contributed by atoms with Crippen LogP contribution in [-0.2, 0) is 0 Å². The molecule has 9 aromatic rings. The van der Waals surface area contributed by atoms with Gasteiger partial charge in [0.05, 0.1) is 0 Å². The number of nitrogens with zero attached hydrogens (tertiary/aromatic N) is 1. The molecule has 1 aliphatic carbocycles. The lowest BCUT2D eigenvalue weighted by Gasteiger charge is -2.26. The summed E-state index contributed by atoms with van der Waals surface area (Å²) in [4.78, 5) is 5.64. The Hall–Kier alpha value is -6.75. The Morgan fingerprint density at radius 2 is 1.22 bits per heavy atom. The first-order valence-electron chi connectivity index (χ1n) is 20.6. The lowest BCUT2D eigenvalue weighted by Crippen LogP contribution is -2.25. The molecule has 1 aliphatic heterocycles. The van der Waals surface area contributed by atoms with Crippen LogP contribution in [0.4, 0.5) is 0 Å². The molecule has 3 atom stereocenters. The number of rotatable bonds is 6. The van der Waals surface area contributed by atoms with E-state index in [4.69, 9.17) is 9.41 Å². The van der Waals surface area contributed by atoms with Gasteiger partial charge in [-0.05, 0) is 58.4 Å². The van der Waals surface area contributed by atoms with Crippen molar-refractivity contribution in [3.05, 3.63) is 216 Å². The molecule has 59 heavy (non-hydrogen) atoms. The molecule has 1 N–H and O–H groups in total. The van der Waals surface area contributed by atoms with E-state index in [0.717, 1.165) is 68.4 Å². The third-order valence-electron chi connectivity index (χ3n) is 12.1. The lowest BCUT2D eigenvalue weighted by molar-refractivity contribution is 0.614. The summed E-state index contributed by atoms with van der Waals surface area (Å²) in [6, 6.07) is 58.8. The summed E-state index contributed by atoms with van der Waals surface area (Å²) in [5, 5.41) is 8.83. The summed E-state index contributed by atoms with van der Waals surface area (Å²) in [5.74, 6) is 0.448. The van der Waals surface area contributed by atoms with Gasteiger partial charge in [0, 0.05) is 65.3 Å². The van der Waals surface area contributed by atoms with Crippen LogP contribution >= 0.6 is 11.3 Å². The minimum absolute atomic E-state index is 0.193. The van der Waals surface area contributed by atoms with E-state index in [1.807, 2.05) is 11.3 Å². The summed E-state index contributed by atoms with van der Waals surface area (Å²) in [6.07, 6.45) is 10.8. The Morgan fingerprint density at radius 3 is 2.05 bits per heavy atom. The van der Waals surface area contributed by atoms with Gasteiger partial charge in [-0.3, -0.25) is 4.99 Å². The fraction of sp³-hybridized carbons (Fsp3) is 0.109. The van der Waals surface area contributed by atoms with Crippen molar-refractivity contribution in [2.75, 3.05) is 0 Å². The molecular formula is C55H42N2OS. The second kappa shape index (κ2) is 14.9. The van der Waals surface area contributed by atoms with Gasteiger partial charge in [0.1, 0.15) is 17.3 Å². The zero-order valence-electron chi connectivity index (χ0n) is 32.8. The number of hydrogen-bond donors (Lipinski definition) is 1. The molecule has 3 nitrogen and oxygen atoms in total. The first kappa shape index (κ1) is 35.4. The normalized spacial score (nSPS) is 19.2. The molecule has 284 valence electrons. The first-order chi connectivity index (χ1) is 29.2. The Morgan fingerprint density at radius 1 is 0.576 bits per heavy atom. The van der Waals surface area contributed by atoms with Crippen LogP contribution < -0.4 is 5.32 Å². The second-order valence-corrected chi connectivity index (χ2v) is 16.9. The van der Waals surface area contributed by atoms with Crippen molar-refractivity contribution in [1.29, 1.82) is 0 Å². The molecule has 4 heteroatoms. The molecule has 11 rings (SSSR count). The van der Waals surface area contributed by atoms with Crippen LogP contribution in [-0.4, -0.2) is 5.71 Å². The number of furan rings is 1. The van der Waals surface area contributed by atoms with Crippen LogP contribution in [0, 0.1) is 5.92 Å². The van der Waals surface area contributed by atoms with Gasteiger partial charge in [-0.15, -0.1) is 11.3 Å². The maximum absolute atomic E-state index is 7.12. The Labute approximate surface area is 348 Å². The molecule has 2 aliphatic rings. The third-order valence-corrected chi connectivity index (χ3v) is 13.3. The summed E-state index contributed by atoms with van der Waals surface area (Å²) < 4.78 is 9.80. The second-order valence-electron chi connectivity index (χ2n) is 15.8. The van der Waals surface area contributed by atoms with E-state index < -0.39 is 0 Å². The Balaban J connectivity index is 1.03. The summed E-state index contributed by atoms with van der Waals surface area (Å²) >= 11 is 1.88. The van der Waals surface area contributed by atoms with Crippen molar-refractivity contribution in [3.63, 3.8) is 0 Å². The predicted octanol–water partition coefficient (Wildman–Crippen LogP) is 14.9. The van der Waals surface area contributed by atoms with Gasteiger partial charge < -0.3 is 9.73 Å². The monoisotopic (exact) mass is 778 g/mol. The van der Waals surface area contributed by atoms with Crippen LogP contribution in [0.5, 0.6) is 0 Å². The topological polar surface area (TPSA) is 37.5 Å². The maximum Gasteiger partial charge on any atom is 0.148 e. The average Bonchev–Trinajstić information content (AvgIpc) is 3.88. The molecule has 0 fully saturated rings. The number of benzene rings is 7. The highest BCUT2D eigenvalue weighted by molar-refractivity contribution is 7.25. The first-order valence-corrected chi connectivity index (χ1v) is 21.5. The molecule has 0 radical (unpaired) electrons. The van der Waals surface area contributed by atoms with Crippen LogP contribution in [0.25, 0.3) is 64.5 Å². The minimum atomic E-state index is -0.389. The number of para-hydroxylation sites is 2. The van der Waals surface area contributed by atoms with E-state index in [2.05, 4.69) is 200 Å². The van der Waals surface area contributed by atoms with Gasteiger partial charge in [-0.25, -0.2) is 0 Å². The van der Waals surface area contributed by atoms with Crippen LogP contribution in [0.1, 0.15) is 59.7 Å². The predicted molar refractivity (Wildman–Crippen MR) is 250 cm³/mol. The highest BCUT2D eigenvalue weighted by Gasteiger charge is 2.26. The van der Waals surface area contributed by atoms with Gasteiger partial charge in [0.15, 0.2) is 0 Å². The van der Waals surface area contributed by atoms with E-state index in [0.29, 0.717) is 0 Å². The number of thiophene rings is 1. The number of fused-ring (bicyclic) bond motifs is 6. The molecule has 7 aromatic carbocycles. The molecule has 0 amide bonds. The van der Waals surface area contributed by atoms with Crippen molar-refractivity contribution in [1.82, 2.24) is 5.32 Å². The minimum Gasteiger partial charge on any atom is -0.455 e. The summed E-state index contributed by atoms with van der Waals surface area (Å²) in [7, 11) is 0. The van der Waals surface area contributed by atoms with Crippen molar-refractivity contribution in [3.8, 4) is 11.1 Å². The molecule has 0 bridgehead atoms. The third kappa shape index (κ3) is 6.41.